The van der Waals surface area contributed by atoms with Crippen LogP contribution in [0.1, 0.15) is 103 Å². The van der Waals surface area contributed by atoms with Gasteiger partial charge in [-0.15, -0.1) is 23.1 Å². The summed E-state index contributed by atoms with van der Waals surface area (Å²) in [5.41, 5.74) is 11.7. The minimum absolute atomic E-state index is 0. The number of pyridine rings is 2. The fourth-order valence-corrected chi connectivity index (χ4v) is 11.0. The Morgan fingerprint density at radius 1 is 0.774 bits per heavy atom. The van der Waals surface area contributed by atoms with E-state index < -0.39 is 21.9 Å². The Morgan fingerprint density at radius 3 is 2.21 bits per heavy atom. The molecule has 0 bridgehead atoms. The van der Waals surface area contributed by atoms with E-state index in [1.807, 2.05) is 33.0 Å². The van der Waals surface area contributed by atoms with Gasteiger partial charge in [-0.05, 0) is 84.6 Å². The van der Waals surface area contributed by atoms with Crippen molar-refractivity contribution in [1.29, 1.82) is 0 Å². The zero-order valence-corrected chi connectivity index (χ0v) is 35.5. The van der Waals surface area contributed by atoms with E-state index in [0.717, 1.165) is 44.4 Å². The molecule has 0 saturated carbocycles. The number of aromatic nitrogens is 3. The van der Waals surface area contributed by atoms with Crippen molar-refractivity contribution in [2.24, 2.45) is 4.99 Å². The smallest absolute Gasteiger partial charge is 0.510 e. The van der Waals surface area contributed by atoms with Crippen LogP contribution < -0.4 is 0 Å². The first-order valence-corrected chi connectivity index (χ1v) is 19.3. The Bertz CT molecular complexity index is 2690. The largest absolute Gasteiger partial charge is 2.00 e. The molecular formula is C45H44N4O2PtS. The van der Waals surface area contributed by atoms with E-state index >= 15 is 0 Å². The fourth-order valence-electron chi connectivity index (χ4n) is 9.78. The third-order valence-electron chi connectivity index (χ3n) is 12.8. The molecule has 1 aliphatic carbocycles. The predicted octanol–water partition coefficient (Wildman–Crippen LogP) is 9.57. The summed E-state index contributed by atoms with van der Waals surface area (Å²) in [5.74, 6) is 1.39. The molecule has 0 fully saturated rings. The second-order valence-corrected chi connectivity index (χ2v) is 18.1. The van der Waals surface area contributed by atoms with Crippen molar-refractivity contribution in [2.75, 3.05) is 0 Å². The minimum atomic E-state index is -1.64. The molecule has 0 spiro atoms. The van der Waals surface area contributed by atoms with E-state index in [0.29, 0.717) is 26.9 Å². The van der Waals surface area contributed by atoms with Gasteiger partial charge >= 0.3 is 21.1 Å². The Morgan fingerprint density at radius 2 is 1.47 bits per heavy atom. The maximum atomic E-state index is 14.9. The van der Waals surface area contributed by atoms with Crippen molar-refractivity contribution in [3.05, 3.63) is 122 Å². The van der Waals surface area contributed by atoms with Crippen LogP contribution >= 0.6 is 0 Å². The van der Waals surface area contributed by atoms with Crippen molar-refractivity contribution in [3.63, 3.8) is 0 Å². The van der Waals surface area contributed by atoms with Crippen LogP contribution in [0, 0.1) is 53.7 Å². The van der Waals surface area contributed by atoms with Crippen molar-refractivity contribution in [3.8, 4) is 5.82 Å². The van der Waals surface area contributed by atoms with E-state index in [1.165, 1.54) is 33.4 Å². The van der Waals surface area contributed by atoms with Crippen molar-refractivity contribution >= 4 is 38.5 Å². The average molecular weight is 900 g/mol. The molecule has 9 rings (SSSR count). The molecule has 3 aromatic heterocycles. The topological polar surface area (TPSA) is 69.4 Å². The predicted molar refractivity (Wildman–Crippen MR) is 209 cm³/mol. The summed E-state index contributed by atoms with van der Waals surface area (Å²) < 4.78 is 24.1. The maximum absolute atomic E-state index is 14.9. The first kappa shape index (κ1) is 36.1. The Hall–Kier alpha value is -3.93. The first-order chi connectivity index (χ1) is 24.4. The Kier molecular flexibility index (Phi) is 7.69. The molecule has 272 valence electrons. The number of hydrogen-bond acceptors (Lipinski definition) is 5. The summed E-state index contributed by atoms with van der Waals surface area (Å²) in [6.45, 7) is 25.8. The van der Waals surface area contributed by atoms with E-state index in [-0.39, 0.29) is 31.9 Å². The van der Waals surface area contributed by atoms with Gasteiger partial charge in [-0.2, -0.15) is 6.07 Å². The minimum Gasteiger partial charge on any atom is -0.510 e. The van der Waals surface area contributed by atoms with E-state index in [2.05, 4.69) is 115 Å². The second-order valence-electron chi connectivity index (χ2n) is 16.7. The number of fused-ring (bicyclic) bond motifs is 8. The summed E-state index contributed by atoms with van der Waals surface area (Å²) in [5, 5.41) is 2.23. The van der Waals surface area contributed by atoms with Gasteiger partial charge in [0.2, 0.25) is 0 Å². The molecule has 0 amide bonds. The molecule has 3 aromatic carbocycles. The van der Waals surface area contributed by atoms with Crippen LogP contribution in [0.4, 0.5) is 0 Å². The molecule has 0 saturated heterocycles. The fraction of sp³-hybridized carbons (Fsp3) is 0.356. The molecule has 6 aromatic rings. The third kappa shape index (κ3) is 4.47. The number of aliphatic imine (C=N–C) groups is 1. The molecule has 2 aliphatic heterocycles. The number of aryl methyl sites for hydroxylation is 6. The van der Waals surface area contributed by atoms with Gasteiger partial charge < -0.3 is 14.3 Å². The van der Waals surface area contributed by atoms with Crippen LogP contribution in [0.2, 0.25) is 0 Å². The summed E-state index contributed by atoms with van der Waals surface area (Å²) in [6.07, 6.45) is 1.85. The van der Waals surface area contributed by atoms with Crippen LogP contribution in [0.5, 0.6) is 0 Å². The molecule has 6 nitrogen and oxygen atoms in total. The quantitative estimate of drug-likeness (QED) is 0.166. The van der Waals surface area contributed by atoms with Crippen LogP contribution in [0.25, 0.3) is 27.6 Å². The molecular weight excluding hydrogens is 856 g/mol. The summed E-state index contributed by atoms with van der Waals surface area (Å²) >= 11 is 0. The van der Waals surface area contributed by atoms with Crippen LogP contribution in [-0.2, 0) is 53.0 Å². The third-order valence-corrected chi connectivity index (χ3v) is 14.3. The maximum Gasteiger partial charge on any atom is 2.00 e. The van der Waals surface area contributed by atoms with Crippen molar-refractivity contribution < 1.29 is 30.0 Å². The normalized spacial score (nSPS) is 22.2. The SMILES string of the molecule is Cc1cc(C)c2c(c1)[C@@]1(C)N=C(c3[c-]c(S(=O)c4[c-]c5c(cc4C)c4cc(C)cc6c4n5-c4ncccc4C6(C)C)c(C)nc3C)O[C@@]1(C)C2(C)C.[Pt+2]. The van der Waals surface area contributed by atoms with Crippen LogP contribution in [0.15, 0.2) is 63.4 Å². The number of benzene rings is 3. The summed E-state index contributed by atoms with van der Waals surface area (Å²) in [4.78, 5) is 16.3. The standard InChI is InChI=1S/C45H44N4O2S.Pt/c1-23-16-26(4)38-33(18-23)44(11)45(12,43(38,9)10)51-41(48-44)29-21-37(28(6)47-27(29)5)52(50)36-22-35-30(20-25(36)3)31-17-24(2)19-34-39(31)49(35)40-32(42(34,7)8)14-13-15-46-40;/h13-20H,1-12H3;/q-2;+2/t44-,45+,52?;/m1./s1. The van der Waals surface area contributed by atoms with Gasteiger partial charge in [0.15, 0.2) is 0 Å². The molecule has 3 atom stereocenters. The second kappa shape index (κ2) is 11.3. The van der Waals surface area contributed by atoms with Crippen LogP contribution in [0.3, 0.4) is 0 Å². The van der Waals surface area contributed by atoms with Gasteiger partial charge in [-0.1, -0.05) is 106 Å². The van der Waals surface area contributed by atoms with Gasteiger partial charge in [0.1, 0.15) is 22.9 Å². The van der Waals surface area contributed by atoms with Gasteiger partial charge in [-0.3, -0.25) is 9.20 Å². The molecule has 0 N–H and O–H groups in total. The molecule has 0 radical (unpaired) electrons. The van der Waals surface area contributed by atoms with Gasteiger partial charge in [0.05, 0.1) is 0 Å². The molecule has 1 unspecified atom stereocenters. The molecule has 8 heteroatoms. The van der Waals surface area contributed by atoms with E-state index in [9.17, 15) is 4.21 Å². The van der Waals surface area contributed by atoms with Crippen molar-refractivity contribution in [2.45, 2.75) is 115 Å². The van der Waals surface area contributed by atoms with Gasteiger partial charge in [-0.25, -0.2) is 4.98 Å². The monoisotopic (exact) mass is 899 g/mol. The molecule has 53 heavy (non-hydrogen) atoms. The summed E-state index contributed by atoms with van der Waals surface area (Å²) in [7, 11) is -1.64. The van der Waals surface area contributed by atoms with Crippen LogP contribution in [-0.4, -0.2) is 30.2 Å². The Labute approximate surface area is 329 Å². The molecule has 3 aliphatic rings. The number of rotatable bonds is 3. The number of nitrogens with zero attached hydrogens (tertiary/aromatic N) is 4. The Balaban J connectivity index is 0.00000400. The number of hydrogen-bond donors (Lipinski definition) is 0. The summed E-state index contributed by atoms with van der Waals surface area (Å²) in [6, 6.07) is 22.6. The van der Waals surface area contributed by atoms with E-state index in [4.69, 9.17) is 19.7 Å². The van der Waals surface area contributed by atoms with E-state index in [1.54, 1.807) is 0 Å². The first-order valence-electron chi connectivity index (χ1n) is 18.1. The average Bonchev–Trinajstić information content (AvgIpc) is 3.58. The number of ether oxygens (including phenoxy) is 1. The van der Waals surface area contributed by atoms with Crippen molar-refractivity contribution in [1.82, 2.24) is 14.5 Å². The van der Waals surface area contributed by atoms with Gasteiger partial charge in [0.25, 0.3) is 0 Å². The zero-order valence-electron chi connectivity index (χ0n) is 32.4. The zero-order chi connectivity index (χ0) is 37.0. The van der Waals surface area contributed by atoms with Gasteiger partial charge in [0, 0.05) is 38.9 Å². The molecule has 5 heterocycles.